The average Bonchev–Trinajstić information content (AvgIpc) is 3.34. The van der Waals surface area contributed by atoms with Crippen LogP contribution in [0.25, 0.3) is 0 Å². The minimum Gasteiger partial charge on any atom is -0.301 e. The van der Waals surface area contributed by atoms with Crippen molar-refractivity contribution in [2.75, 3.05) is 13.1 Å². The van der Waals surface area contributed by atoms with E-state index in [9.17, 15) is 5.26 Å². The van der Waals surface area contributed by atoms with Crippen molar-refractivity contribution in [1.82, 2.24) is 10.2 Å². The van der Waals surface area contributed by atoms with E-state index in [0.717, 1.165) is 37.1 Å². The van der Waals surface area contributed by atoms with Gasteiger partial charge >= 0.3 is 0 Å². The number of rotatable bonds is 4. The van der Waals surface area contributed by atoms with Gasteiger partial charge in [-0.25, -0.2) is 0 Å². The molecule has 0 bridgehead atoms. The number of nitriles is 1. The van der Waals surface area contributed by atoms with Crippen molar-refractivity contribution in [2.45, 2.75) is 43.8 Å². The fraction of sp³-hybridized carbons (Fsp3) is 0.435. The van der Waals surface area contributed by atoms with Gasteiger partial charge in [0.2, 0.25) is 0 Å². The highest BCUT2D eigenvalue weighted by Crippen LogP contribution is 2.47. The number of nitrogens with one attached hydrogen (secondary N) is 1. The normalized spacial score (nSPS) is 26.7. The van der Waals surface area contributed by atoms with Gasteiger partial charge in [-0.2, -0.15) is 5.26 Å². The Morgan fingerprint density at radius 3 is 2.12 bits per heavy atom. The summed E-state index contributed by atoms with van der Waals surface area (Å²) in [6.45, 7) is 4.45. The molecule has 2 fully saturated rings. The third-order valence-electron chi connectivity index (χ3n) is 6.43. The molecule has 4 rings (SSSR count). The van der Waals surface area contributed by atoms with Crippen molar-refractivity contribution in [3.8, 4) is 6.07 Å². The first-order valence-corrected chi connectivity index (χ1v) is 9.77. The molecular formula is C23H27N3. The molecule has 1 heterocycles. The lowest BCUT2D eigenvalue weighted by Gasteiger charge is -2.35. The van der Waals surface area contributed by atoms with Crippen LogP contribution in [0.4, 0.5) is 0 Å². The molecule has 1 saturated heterocycles. The van der Waals surface area contributed by atoms with Crippen LogP contribution in [0, 0.1) is 17.2 Å². The van der Waals surface area contributed by atoms with Gasteiger partial charge in [0, 0.05) is 19.1 Å². The summed E-state index contributed by atoms with van der Waals surface area (Å²) in [5.41, 5.74) is 1.70. The minimum absolute atomic E-state index is 0.343. The van der Waals surface area contributed by atoms with Crippen molar-refractivity contribution in [1.29, 1.82) is 5.26 Å². The predicted octanol–water partition coefficient (Wildman–Crippen LogP) is 3.92. The minimum atomic E-state index is -0.562. The highest BCUT2D eigenvalue weighted by molar-refractivity contribution is 5.47. The summed E-state index contributed by atoms with van der Waals surface area (Å²) in [5, 5.41) is 14.0. The zero-order chi connectivity index (χ0) is 18.0. The SMILES string of the molecule is CC1NCCN1[C@H]1CCC(C(C#N)(c2ccccc2)c2ccccc2)C1. The molecule has 2 aliphatic rings. The highest BCUT2D eigenvalue weighted by Gasteiger charge is 2.47. The Labute approximate surface area is 156 Å². The first kappa shape index (κ1) is 17.3. The lowest BCUT2D eigenvalue weighted by Crippen LogP contribution is -2.41. The van der Waals surface area contributed by atoms with E-state index in [4.69, 9.17) is 0 Å². The molecule has 1 N–H and O–H groups in total. The van der Waals surface area contributed by atoms with E-state index in [0.29, 0.717) is 18.1 Å². The maximum Gasteiger partial charge on any atom is 0.110 e. The van der Waals surface area contributed by atoms with Crippen LogP contribution in [0.2, 0.25) is 0 Å². The van der Waals surface area contributed by atoms with Crippen molar-refractivity contribution < 1.29 is 0 Å². The molecule has 2 unspecified atom stereocenters. The largest absolute Gasteiger partial charge is 0.301 e. The lowest BCUT2D eigenvalue weighted by molar-refractivity contribution is 0.178. The van der Waals surface area contributed by atoms with E-state index in [1.54, 1.807) is 0 Å². The van der Waals surface area contributed by atoms with Crippen LogP contribution in [-0.4, -0.2) is 30.2 Å². The Morgan fingerprint density at radius 1 is 1.00 bits per heavy atom. The summed E-state index contributed by atoms with van der Waals surface area (Å²) in [4.78, 5) is 2.60. The Hall–Kier alpha value is -2.15. The zero-order valence-corrected chi connectivity index (χ0v) is 15.4. The predicted molar refractivity (Wildman–Crippen MR) is 105 cm³/mol. The van der Waals surface area contributed by atoms with E-state index >= 15 is 0 Å². The molecule has 3 nitrogen and oxygen atoms in total. The van der Waals surface area contributed by atoms with Gasteiger partial charge in [-0.05, 0) is 43.2 Å². The van der Waals surface area contributed by atoms with Crippen molar-refractivity contribution in [2.24, 2.45) is 5.92 Å². The fourth-order valence-electron chi connectivity index (χ4n) is 5.12. The Morgan fingerprint density at radius 2 is 1.62 bits per heavy atom. The summed E-state index contributed by atoms with van der Waals surface area (Å²) < 4.78 is 0. The number of hydrogen-bond donors (Lipinski definition) is 1. The molecule has 0 spiro atoms. The fourth-order valence-corrected chi connectivity index (χ4v) is 5.12. The van der Waals surface area contributed by atoms with Crippen LogP contribution in [-0.2, 0) is 5.41 Å². The van der Waals surface area contributed by atoms with Crippen LogP contribution >= 0.6 is 0 Å². The summed E-state index contributed by atoms with van der Waals surface area (Å²) in [5.74, 6) is 0.343. The van der Waals surface area contributed by atoms with Gasteiger partial charge in [0.15, 0.2) is 0 Å². The Balaban J connectivity index is 1.72. The zero-order valence-electron chi connectivity index (χ0n) is 15.4. The van der Waals surface area contributed by atoms with Crippen LogP contribution in [0.5, 0.6) is 0 Å². The second-order valence-electron chi connectivity index (χ2n) is 7.68. The third kappa shape index (κ3) is 2.84. The second kappa shape index (κ2) is 7.23. The van der Waals surface area contributed by atoms with Crippen molar-refractivity contribution >= 4 is 0 Å². The molecule has 3 heteroatoms. The van der Waals surface area contributed by atoms with Gasteiger partial charge in [0.1, 0.15) is 5.41 Å². The Bertz CT molecular complexity index is 726. The van der Waals surface area contributed by atoms with Gasteiger partial charge < -0.3 is 5.32 Å². The van der Waals surface area contributed by atoms with Gasteiger partial charge in [0.25, 0.3) is 0 Å². The molecule has 1 aliphatic carbocycles. The van der Waals surface area contributed by atoms with E-state index in [1.165, 1.54) is 6.42 Å². The summed E-state index contributed by atoms with van der Waals surface area (Å²) >= 11 is 0. The van der Waals surface area contributed by atoms with Crippen LogP contribution in [0.1, 0.15) is 37.3 Å². The molecule has 134 valence electrons. The molecular weight excluding hydrogens is 318 g/mol. The maximum absolute atomic E-state index is 10.5. The molecule has 0 amide bonds. The van der Waals surface area contributed by atoms with E-state index in [2.05, 4.69) is 71.7 Å². The van der Waals surface area contributed by atoms with E-state index in [-0.39, 0.29) is 0 Å². The molecule has 26 heavy (non-hydrogen) atoms. The molecule has 2 aromatic rings. The second-order valence-corrected chi connectivity index (χ2v) is 7.68. The standard InChI is InChI=1S/C23H27N3/c1-18-25-14-15-26(18)22-13-12-21(16-22)23(17-24,19-8-4-2-5-9-19)20-10-6-3-7-11-20/h2-11,18,21-22,25H,12-16H2,1H3/t18?,21?,22-/m0/s1. The Kier molecular flexibility index (Phi) is 4.80. The summed E-state index contributed by atoms with van der Waals surface area (Å²) in [6, 6.07) is 24.2. The maximum atomic E-state index is 10.5. The molecule has 0 radical (unpaired) electrons. The highest BCUT2D eigenvalue weighted by atomic mass is 15.3. The van der Waals surface area contributed by atoms with Gasteiger partial charge in [0.05, 0.1) is 12.2 Å². The van der Waals surface area contributed by atoms with Gasteiger partial charge in [-0.15, -0.1) is 0 Å². The van der Waals surface area contributed by atoms with Crippen LogP contribution in [0.3, 0.4) is 0 Å². The number of nitrogens with zero attached hydrogens (tertiary/aromatic N) is 2. The first-order chi connectivity index (χ1) is 12.8. The quantitative estimate of drug-likeness (QED) is 0.913. The van der Waals surface area contributed by atoms with Crippen LogP contribution < -0.4 is 5.32 Å². The third-order valence-corrected chi connectivity index (χ3v) is 6.43. The molecule has 3 atom stereocenters. The average molecular weight is 345 g/mol. The monoisotopic (exact) mass is 345 g/mol. The van der Waals surface area contributed by atoms with Crippen molar-refractivity contribution in [3.05, 3.63) is 71.8 Å². The van der Waals surface area contributed by atoms with Gasteiger partial charge in [-0.3, -0.25) is 4.90 Å². The molecule has 1 saturated carbocycles. The molecule has 0 aromatic heterocycles. The first-order valence-electron chi connectivity index (χ1n) is 9.77. The van der Waals surface area contributed by atoms with E-state index < -0.39 is 5.41 Å². The van der Waals surface area contributed by atoms with Gasteiger partial charge in [-0.1, -0.05) is 60.7 Å². The smallest absolute Gasteiger partial charge is 0.110 e. The molecule has 1 aliphatic heterocycles. The van der Waals surface area contributed by atoms with Crippen molar-refractivity contribution in [3.63, 3.8) is 0 Å². The van der Waals surface area contributed by atoms with Crippen LogP contribution in [0.15, 0.2) is 60.7 Å². The number of hydrogen-bond acceptors (Lipinski definition) is 3. The number of benzene rings is 2. The summed E-state index contributed by atoms with van der Waals surface area (Å²) in [6.07, 6.45) is 3.82. The summed E-state index contributed by atoms with van der Waals surface area (Å²) in [7, 11) is 0. The topological polar surface area (TPSA) is 39.1 Å². The van der Waals surface area contributed by atoms with E-state index in [1.807, 2.05) is 12.1 Å². The lowest BCUT2D eigenvalue weighted by atomic mass is 9.66. The molecule has 2 aromatic carbocycles.